The Balaban J connectivity index is 1.62. The lowest BCUT2D eigenvalue weighted by Gasteiger charge is -2.26. The van der Waals surface area contributed by atoms with Gasteiger partial charge in [-0.3, -0.25) is 4.79 Å². The number of carbonyl (C=O) groups is 2. The summed E-state index contributed by atoms with van der Waals surface area (Å²) in [6, 6.07) is 11.3. The number of esters is 1. The van der Waals surface area contributed by atoms with Gasteiger partial charge in [0.05, 0.1) is 23.7 Å². The lowest BCUT2D eigenvalue weighted by atomic mass is 10.0. The first-order valence-electron chi connectivity index (χ1n) is 9.50. The van der Waals surface area contributed by atoms with Crippen molar-refractivity contribution in [3.8, 4) is 0 Å². The van der Waals surface area contributed by atoms with Gasteiger partial charge in [-0.2, -0.15) is 4.31 Å². The van der Waals surface area contributed by atoms with Crippen molar-refractivity contribution in [3.63, 3.8) is 0 Å². The lowest BCUT2D eigenvalue weighted by Crippen LogP contribution is -2.40. The van der Waals surface area contributed by atoms with Crippen LogP contribution in [0.25, 0.3) is 0 Å². The molecule has 1 amide bonds. The maximum Gasteiger partial charge on any atom is 0.338 e. The van der Waals surface area contributed by atoms with Gasteiger partial charge >= 0.3 is 5.97 Å². The molecule has 0 spiro atoms. The Morgan fingerprint density at radius 1 is 1.10 bits per heavy atom. The monoisotopic (exact) mass is 432 g/mol. The first kappa shape index (κ1) is 21.9. The number of morpholine rings is 1. The molecule has 2 aromatic carbocycles. The van der Waals surface area contributed by atoms with Crippen molar-refractivity contribution < 1.29 is 27.5 Å². The highest BCUT2D eigenvalue weighted by atomic mass is 32.2. The quantitative estimate of drug-likeness (QED) is 0.702. The number of anilines is 1. The Hall–Kier alpha value is -2.75. The standard InChI is InChI=1S/C21H24N2O6S/c1-15-5-3-8-19(16(15)2)21(25)29-14-20(24)22-17-6-4-7-18(13-17)30(26,27)23-9-11-28-12-10-23/h3-8,13H,9-12,14H2,1-2H3,(H,22,24). The SMILES string of the molecule is Cc1cccc(C(=O)OCC(=O)Nc2cccc(S(=O)(=O)N3CCOCC3)c2)c1C. The third-order valence-electron chi connectivity index (χ3n) is 4.88. The van der Waals surface area contributed by atoms with E-state index in [4.69, 9.17) is 9.47 Å². The summed E-state index contributed by atoms with van der Waals surface area (Å²) in [5.41, 5.74) is 2.45. The van der Waals surface area contributed by atoms with Gasteiger partial charge in [-0.05, 0) is 49.2 Å². The first-order valence-corrected chi connectivity index (χ1v) is 10.9. The number of ether oxygens (including phenoxy) is 2. The average molecular weight is 432 g/mol. The van der Waals surface area contributed by atoms with E-state index in [1.54, 1.807) is 24.3 Å². The van der Waals surface area contributed by atoms with Crippen LogP contribution in [0.2, 0.25) is 0 Å². The average Bonchev–Trinajstić information content (AvgIpc) is 2.75. The third-order valence-corrected chi connectivity index (χ3v) is 6.78. The second-order valence-corrected chi connectivity index (χ2v) is 8.85. The van der Waals surface area contributed by atoms with Crippen LogP contribution >= 0.6 is 0 Å². The predicted octanol–water partition coefficient (Wildman–Crippen LogP) is 2.12. The number of nitrogens with zero attached hydrogens (tertiary/aromatic N) is 1. The van der Waals surface area contributed by atoms with Crippen molar-refractivity contribution in [2.45, 2.75) is 18.7 Å². The first-order chi connectivity index (χ1) is 14.3. The van der Waals surface area contributed by atoms with Gasteiger partial charge < -0.3 is 14.8 Å². The van der Waals surface area contributed by atoms with Crippen LogP contribution in [-0.2, 0) is 24.3 Å². The third kappa shape index (κ3) is 5.05. The summed E-state index contributed by atoms with van der Waals surface area (Å²) < 4.78 is 37.1. The van der Waals surface area contributed by atoms with Crippen LogP contribution in [0.3, 0.4) is 0 Å². The van der Waals surface area contributed by atoms with E-state index in [0.29, 0.717) is 24.5 Å². The zero-order valence-corrected chi connectivity index (χ0v) is 17.7. The summed E-state index contributed by atoms with van der Waals surface area (Å²) in [6.07, 6.45) is 0. The number of amides is 1. The Bertz CT molecular complexity index is 1050. The minimum absolute atomic E-state index is 0.0783. The van der Waals surface area contributed by atoms with Crippen LogP contribution in [0.4, 0.5) is 5.69 Å². The summed E-state index contributed by atoms with van der Waals surface area (Å²) in [4.78, 5) is 24.5. The van der Waals surface area contributed by atoms with Crippen LogP contribution in [0, 0.1) is 13.8 Å². The van der Waals surface area contributed by atoms with Crippen LogP contribution in [0.5, 0.6) is 0 Å². The minimum atomic E-state index is -3.67. The molecule has 30 heavy (non-hydrogen) atoms. The Kier molecular flexibility index (Phi) is 6.86. The maximum absolute atomic E-state index is 12.7. The maximum atomic E-state index is 12.7. The molecule has 3 rings (SSSR count). The number of rotatable bonds is 6. The molecule has 1 fully saturated rings. The van der Waals surface area contributed by atoms with Gasteiger partial charge in [-0.25, -0.2) is 13.2 Å². The lowest BCUT2D eigenvalue weighted by molar-refractivity contribution is -0.119. The summed E-state index contributed by atoms with van der Waals surface area (Å²) in [5.74, 6) is -1.15. The van der Waals surface area contributed by atoms with E-state index in [2.05, 4.69) is 5.32 Å². The number of benzene rings is 2. The summed E-state index contributed by atoms with van der Waals surface area (Å²) >= 11 is 0. The molecule has 1 aliphatic rings. The van der Waals surface area contributed by atoms with E-state index in [1.807, 2.05) is 19.9 Å². The van der Waals surface area contributed by atoms with Gasteiger partial charge in [0.2, 0.25) is 10.0 Å². The number of hydrogen-bond donors (Lipinski definition) is 1. The fourth-order valence-corrected chi connectivity index (χ4v) is 4.50. The molecule has 0 aromatic heterocycles. The number of aryl methyl sites for hydroxylation is 1. The van der Waals surface area contributed by atoms with E-state index < -0.39 is 28.5 Å². The number of hydrogen-bond acceptors (Lipinski definition) is 6. The van der Waals surface area contributed by atoms with Crippen molar-refractivity contribution in [2.75, 3.05) is 38.2 Å². The molecule has 0 aliphatic carbocycles. The van der Waals surface area contributed by atoms with Crippen LogP contribution < -0.4 is 5.32 Å². The second kappa shape index (κ2) is 9.38. The van der Waals surface area contributed by atoms with Crippen LogP contribution in [-0.4, -0.2) is 57.5 Å². The summed E-state index contributed by atoms with van der Waals surface area (Å²) in [7, 11) is -3.67. The minimum Gasteiger partial charge on any atom is -0.452 e. The van der Waals surface area contributed by atoms with Gasteiger partial charge in [0.25, 0.3) is 5.91 Å². The van der Waals surface area contributed by atoms with E-state index >= 15 is 0 Å². The van der Waals surface area contributed by atoms with Crippen molar-refractivity contribution in [1.82, 2.24) is 4.31 Å². The molecule has 8 nitrogen and oxygen atoms in total. The van der Waals surface area contributed by atoms with Gasteiger partial charge in [0.15, 0.2) is 6.61 Å². The highest BCUT2D eigenvalue weighted by molar-refractivity contribution is 7.89. The van der Waals surface area contributed by atoms with Crippen molar-refractivity contribution in [2.24, 2.45) is 0 Å². The molecular weight excluding hydrogens is 408 g/mol. The Morgan fingerprint density at radius 2 is 1.80 bits per heavy atom. The predicted molar refractivity (Wildman–Crippen MR) is 111 cm³/mol. The molecule has 9 heteroatoms. The van der Waals surface area contributed by atoms with Gasteiger partial charge in [-0.15, -0.1) is 0 Å². The molecular formula is C21H24N2O6S. The van der Waals surface area contributed by atoms with Gasteiger partial charge in [0.1, 0.15) is 0 Å². The molecule has 0 saturated carbocycles. The van der Waals surface area contributed by atoms with Crippen molar-refractivity contribution in [3.05, 3.63) is 59.2 Å². The topological polar surface area (TPSA) is 102 Å². The van der Waals surface area contributed by atoms with Crippen molar-refractivity contribution in [1.29, 1.82) is 0 Å². The molecule has 1 heterocycles. The number of nitrogens with one attached hydrogen (secondary N) is 1. The second-order valence-electron chi connectivity index (χ2n) is 6.92. The molecule has 0 atom stereocenters. The summed E-state index contributed by atoms with van der Waals surface area (Å²) in [5, 5.41) is 2.57. The molecule has 1 saturated heterocycles. The Labute approximate surface area is 175 Å². The molecule has 2 aromatic rings. The zero-order chi connectivity index (χ0) is 21.7. The van der Waals surface area contributed by atoms with E-state index in [9.17, 15) is 18.0 Å². The van der Waals surface area contributed by atoms with Crippen LogP contribution in [0.1, 0.15) is 21.5 Å². The molecule has 0 radical (unpaired) electrons. The molecule has 0 bridgehead atoms. The Morgan fingerprint density at radius 3 is 2.53 bits per heavy atom. The van der Waals surface area contributed by atoms with Gasteiger partial charge in [0, 0.05) is 18.8 Å². The molecule has 0 unspecified atom stereocenters. The van der Waals surface area contributed by atoms with Crippen molar-refractivity contribution >= 4 is 27.6 Å². The smallest absolute Gasteiger partial charge is 0.338 e. The fraction of sp³-hybridized carbons (Fsp3) is 0.333. The van der Waals surface area contributed by atoms with Crippen LogP contribution in [0.15, 0.2) is 47.4 Å². The largest absolute Gasteiger partial charge is 0.452 e. The van der Waals surface area contributed by atoms with Gasteiger partial charge in [-0.1, -0.05) is 18.2 Å². The highest BCUT2D eigenvalue weighted by Crippen LogP contribution is 2.20. The zero-order valence-electron chi connectivity index (χ0n) is 16.9. The fourth-order valence-electron chi connectivity index (χ4n) is 3.05. The van der Waals surface area contributed by atoms with E-state index in [0.717, 1.165) is 11.1 Å². The summed E-state index contributed by atoms with van der Waals surface area (Å²) in [6.45, 7) is 4.49. The van der Waals surface area contributed by atoms with E-state index in [-0.39, 0.29) is 18.0 Å². The normalized spacial score (nSPS) is 14.9. The molecule has 1 N–H and O–H groups in total. The highest BCUT2D eigenvalue weighted by Gasteiger charge is 2.26. The number of carbonyl (C=O) groups excluding carboxylic acids is 2. The molecule has 1 aliphatic heterocycles. The molecule has 160 valence electrons. The van der Waals surface area contributed by atoms with E-state index in [1.165, 1.54) is 16.4 Å². The number of sulfonamides is 1.